The van der Waals surface area contributed by atoms with Crippen LogP contribution in [0.1, 0.15) is 12.8 Å². The van der Waals surface area contributed by atoms with Crippen LogP contribution in [0.25, 0.3) is 0 Å². The van der Waals surface area contributed by atoms with Gasteiger partial charge in [-0.05, 0) is 37.0 Å². The molecule has 132 valence electrons. The molecule has 0 amide bonds. The maximum absolute atomic E-state index is 6.02. The summed E-state index contributed by atoms with van der Waals surface area (Å²) in [5, 5.41) is 3.11. The minimum Gasteiger partial charge on any atom is -0.497 e. The van der Waals surface area contributed by atoms with Crippen molar-refractivity contribution >= 4 is 17.6 Å². The molecule has 1 fully saturated rings. The molecule has 1 aliphatic heterocycles. The SMILES string of the molecule is COc1cccc(NC(N)=NCC2CCCN(c3ncccn3)C2)c1. The number of piperidine rings is 1. The van der Waals surface area contributed by atoms with E-state index in [2.05, 4.69) is 25.2 Å². The molecule has 1 aromatic heterocycles. The summed E-state index contributed by atoms with van der Waals surface area (Å²) in [5.74, 6) is 2.44. The zero-order valence-electron chi connectivity index (χ0n) is 14.4. The van der Waals surface area contributed by atoms with E-state index in [4.69, 9.17) is 10.5 Å². The number of ether oxygens (including phenoxy) is 1. The van der Waals surface area contributed by atoms with Gasteiger partial charge in [-0.15, -0.1) is 0 Å². The number of anilines is 2. The van der Waals surface area contributed by atoms with Gasteiger partial charge in [0.2, 0.25) is 5.95 Å². The molecule has 1 saturated heterocycles. The predicted molar refractivity (Wildman–Crippen MR) is 100 cm³/mol. The van der Waals surface area contributed by atoms with Gasteiger partial charge in [0.05, 0.1) is 7.11 Å². The maximum Gasteiger partial charge on any atom is 0.225 e. The number of nitrogens with zero attached hydrogens (tertiary/aromatic N) is 4. The molecule has 0 bridgehead atoms. The van der Waals surface area contributed by atoms with Crippen LogP contribution in [0.5, 0.6) is 5.75 Å². The lowest BCUT2D eigenvalue weighted by molar-refractivity contribution is 0.415. The number of methoxy groups -OCH3 is 1. The van der Waals surface area contributed by atoms with Gasteiger partial charge in [-0.2, -0.15) is 0 Å². The molecular formula is C18H24N6O. The smallest absolute Gasteiger partial charge is 0.225 e. The largest absolute Gasteiger partial charge is 0.497 e. The van der Waals surface area contributed by atoms with E-state index in [-0.39, 0.29) is 0 Å². The van der Waals surface area contributed by atoms with E-state index in [9.17, 15) is 0 Å². The van der Waals surface area contributed by atoms with Gasteiger partial charge in [-0.25, -0.2) is 9.97 Å². The van der Waals surface area contributed by atoms with Gasteiger partial charge in [0.15, 0.2) is 5.96 Å². The standard InChI is InChI=1S/C18H24N6O/c1-25-16-7-2-6-15(11-16)23-17(19)22-12-14-5-3-10-24(13-14)18-20-8-4-9-21-18/h2,4,6-9,11,14H,3,5,10,12-13H2,1H3,(H3,19,22,23). The van der Waals surface area contributed by atoms with E-state index in [0.717, 1.165) is 43.3 Å². The number of benzene rings is 1. The molecule has 7 nitrogen and oxygen atoms in total. The Hall–Kier alpha value is -2.83. The molecule has 3 N–H and O–H groups in total. The van der Waals surface area contributed by atoms with Crippen molar-refractivity contribution in [1.82, 2.24) is 9.97 Å². The molecule has 25 heavy (non-hydrogen) atoms. The fourth-order valence-corrected chi connectivity index (χ4v) is 2.97. The number of aromatic nitrogens is 2. The van der Waals surface area contributed by atoms with Gasteiger partial charge in [0.1, 0.15) is 5.75 Å². The first-order chi connectivity index (χ1) is 12.2. The average molecular weight is 340 g/mol. The highest BCUT2D eigenvalue weighted by molar-refractivity contribution is 5.92. The van der Waals surface area contributed by atoms with E-state index in [1.165, 1.54) is 0 Å². The monoisotopic (exact) mass is 340 g/mol. The predicted octanol–water partition coefficient (Wildman–Crippen LogP) is 2.13. The van der Waals surface area contributed by atoms with Crippen LogP contribution < -0.4 is 20.7 Å². The Balaban J connectivity index is 1.55. The number of nitrogens with two attached hydrogens (primary N) is 1. The second-order valence-corrected chi connectivity index (χ2v) is 6.09. The number of nitrogens with one attached hydrogen (secondary N) is 1. The molecule has 1 atom stereocenters. The fraction of sp³-hybridized carbons (Fsp3) is 0.389. The second-order valence-electron chi connectivity index (χ2n) is 6.09. The fourth-order valence-electron chi connectivity index (χ4n) is 2.97. The number of guanidine groups is 1. The highest BCUT2D eigenvalue weighted by atomic mass is 16.5. The molecule has 1 aliphatic rings. The van der Waals surface area contributed by atoms with E-state index >= 15 is 0 Å². The van der Waals surface area contributed by atoms with Gasteiger partial charge in [-0.3, -0.25) is 4.99 Å². The van der Waals surface area contributed by atoms with Crippen molar-refractivity contribution < 1.29 is 4.74 Å². The van der Waals surface area contributed by atoms with Crippen molar-refractivity contribution in [2.24, 2.45) is 16.6 Å². The third kappa shape index (κ3) is 4.82. The molecule has 0 radical (unpaired) electrons. The van der Waals surface area contributed by atoms with E-state index in [1.54, 1.807) is 19.5 Å². The van der Waals surface area contributed by atoms with E-state index in [1.807, 2.05) is 30.3 Å². The lowest BCUT2D eigenvalue weighted by Crippen LogP contribution is -2.38. The average Bonchev–Trinajstić information content (AvgIpc) is 2.67. The quantitative estimate of drug-likeness (QED) is 0.640. The summed E-state index contributed by atoms with van der Waals surface area (Å²) < 4.78 is 5.21. The minimum absolute atomic E-state index is 0.418. The van der Waals surface area contributed by atoms with Gasteiger partial charge in [0, 0.05) is 43.8 Å². The Labute approximate surface area is 147 Å². The molecular weight excluding hydrogens is 316 g/mol. The summed E-state index contributed by atoms with van der Waals surface area (Å²) in [7, 11) is 1.64. The van der Waals surface area contributed by atoms with Crippen LogP contribution in [0.2, 0.25) is 0 Å². The van der Waals surface area contributed by atoms with Crippen LogP contribution in [-0.2, 0) is 0 Å². The van der Waals surface area contributed by atoms with Gasteiger partial charge in [-0.1, -0.05) is 6.07 Å². The van der Waals surface area contributed by atoms with E-state index in [0.29, 0.717) is 18.4 Å². The number of hydrogen-bond acceptors (Lipinski definition) is 5. The lowest BCUT2D eigenvalue weighted by atomic mass is 9.98. The Bertz CT molecular complexity index is 706. The third-order valence-corrected chi connectivity index (χ3v) is 4.22. The zero-order chi connectivity index (χ0) is 17.5. The first kappa shape index (κ1) is 17.0. The Morgan fingerprint density at radius 1 is 1.36 bits per heavy atom. The van der Waals surface area contributed by atoms with E-state index < -0.39 is 0 Å². The van der Waals surface area contributed by atoms with Gasteiger partial charge >= 0.3 is 0 Å². The zero-order valence-corrected chi connectivity index (χ0v) is 14.4. The number of hydrogen-bond donors (Lipinski definition) is 2. The summed E-state index contributed by atoms with van der Waals surface area (Å²) in [5.41, 5.74) is 6.88. The Morgan fingerprint density at radius 3 is 3.00 bits per heavy atom. The number of aliphatic imine (C=N–C) groups is 1. The molecule has 3 rings (SSSR count). The highest BCUT2D eigenvalue weighted by Gasteiger charge is 2.21. The van der Waals surface area contributed by atoms with Crippen LogP contribution in [0.15, 0.2) is 47.7 Å². The molecule has 7 heteroatoms. The molecule has 0 saturated carbocycles. The summed E-state index contributed by atoms with van der Waals surface area (Å²) in [6, 6.07) is 9.45. The van der Waals surface area contributed by atoms with Gasteiger partial charge in [0.25, 0.3) is 0 Å². The first-order valence-electron chi connectivity index (χ1n) is 8.47. The van der Waals surface area contributed by atoms with Crippen molar-refractivity contribution in [1.29, 1.82) is 0 Å². The molecule has 2 heterocycles. The molecule has 1 unspecified atom stereocenters. The lowest BCUT2D eigenvalue weighted by Gasteiger charge is -2.31. The highest BCUT2D eigenvalue weighted by Crippen LogP contribution is 2.20. The third-order valence-electron chi connectivity index (χ3n) is 4.22. The molecule has 1 aromatic carbocycles. The van der Waals surface area contributed by atoms with Crippen molar-refractivity contribution in [2.45, 2.75) is 12.8 Å². The molecule has 2 aromatic rings. The number of rotatable bonds is 5. The summed E-state index contributed by atoms with van der Waals surface area (Å²) >= 11 is 0. The van der Waals surface area contributed by atoms with Crippen LogP contribution in [0.4, 0.5) is 11.6 Å². The van der Waals surface area contributed by atoms with Crippen molar-refractivity contribution in [2.75, 3.05) is 37.0 Å². The second kappa shape index (κ2) is 8.32. The summed E-state index contributed by atoms with van der Waals surface area (Å²) in [6.45, 7) is 2.58. The maximum atomic E-state index is 6.02. The van der Waals surface area contributed by atoms with Crippen LogP contribution in [0, 0.1) is 5.92 Å². The molecule has 0 spiro atoms. The first-order valence-corrected chi connectivity index (χ1v) is 8.47. The minimum atomic E-state index is 0.418. The van der Waals surface area contributed by atoms with Crippen LogP contribution in [-0.4, -0.2) is 42.7 Å². The van der Waals surface area contributed by atoms with Crippen molar-refractivity contribution in [3.8, 4) is 5.75 Å². The normalized spacial score (nSPS) is 18.0. The van der Waals surface area contributed by atoms with Crippen LogP contribution in [0.3, 0.4) is 0 Å². The molecule has 0 aliphatic carbocycles. The van der Waals surface area contributed by atoms with Crippen LogP contribution >= 0.6 is 0 Å². The summed E-state index contributed by atoms with van der Waals surface area (Å²) in [6.07, 6.45) is 5.81. The van der Waals surface area contributed by atoms with Crippen molar-refractivity contribution in [3.05, 3.63) is 42.7 Å². The summed E-state index contributed by atoms with van der Waals surface area (Å²) in [4.78, 5) is 15.4. The van der Waals surface area contributed by atoms with Crippen molar-refractivity contribution in [3.63, 3.8) is 0 Å². The Morgan fingerprint density at radius 2 is 2.20 bits per heavy atom. The topological polar surface area (TPSA) is 88.7 Å². The van der Waals surface area contributed by atoms with Gasteiger partial charge < -0.3 is 20.7 Å². The Kier molecular flexibility index (Phi) is 5.66.